The molecule has 0 amide bonds. The molecular formula is C19H40. The maximum atomic E-state index is 2.31. The molecule has 0 nitrogen and oxygen atoms in total. The van der Waals surface area contributed by atoms with Gasteiger partial charge in [0, 0.05) is 0 Å². The van der Waals surface area contributed by atoms with Gasteiger partial charge in [-0.3, -0.25) is 0 Å². The van der Waals surface area contributed by atoms with Crippen LogP contribution in [0.3, 0.4) is 0 Å². The molecule has 0 aromatic rings. The van der Waals surface area contributed by atoms with E-state index in [0.29, 0.717) is 5.92 Å². The summed E-state index contributed by atoms with van der Waals surface area (Å²) in [6, 6.07) is 0. The number of allylic oxidation sites excluding steroid dienone is 2. The SMILES string of the molecule is CC(C)/C=C/C(C)C(C)C.CC(C)CCCC(C)C. The van der Waals surface area contributed by atoms with Crippen molar-refractivity contribution in [2.75, 3.05) is 0 Å². The summed E-state index contributed by atoms with van der Waals surface area (Å²) in [6.07, 6.45) is 8.81. The topological polar surface area (TPSA) is 0 Å². The monoisotopic (exact) mass is 268 g/mol. The second kappa shape index (κ2) is 12.8. The van der Waals surface area contributed by atoms with Crippen molar-refractivity contribution in [1.29, 1.82) is 0 Å². The first kappa shape index (κ1) is 21.0. The third-order valence-corrected chi connectivity index (χ3v) is 3.41. The van der Waals surface area contributed by atoms with Gasteiger partial charge in [-0.15, -0.1) is 0 Å². The summed E-state index contributed by atoms with van der Waals surface area (Å²) in [6.45, 7) is 20.4. The van der Waals surface area contributed by atoms with E-state index in [2.05, 4.69) is 74.5 Å². The van der Waals surface area contributed by atoms with E-state index in [9.17, 15) is 0 Å². The third-order valence-electron chi connectivity index (χ3n) is 3.41. The van der Waals surface area contributed by atoms with Crippen molar-refractivity contribution in [2.24, 2.45) is 29.6 Å². The van der Waals surface area contributed by atoms with Crippen LogP contribution in [-0.2, 0) is 0 Å². The van der Waals surface area contributed by atoms with Gasteiger partial charge in [0.15, 0.2) is 0 Å². The van der Waals surface area contributed by atoms with Gasteiger partial charge in [-0.2, -0.15) is 0 Å². The fourth-order valence-corrected chi connectivity index (χ4v) is 1.55. The number of hydrogen-bond donors (Lipinski definition) is 0. The molecule has 0 spiro atoms. The normalized spacial score (nSPS) is 13.5. The van der Waals surface area contributed by atoms with Crippen LogP contribution in [0.25, 0.3) is 0 Å². The lowest BCUT2D eigenvalue weighted by molar-refractivity contribution is 0.480. The van der Waals surface area contributed by atoms with Crippen molar-refractivity contribution in [1.82, 2.24) is 0 Å². The van der Waals surface area contributed by atoms with Crippen LogP contribution in [0.5, 0.6) is 0 Å². The predicted molar refractivity (Wildman–Crippen MR) is 91.5 cm³/mol. The first-order valence-electron chi connectivity index (χ1n) is 8.35. The minimum Gasteiger partial charge on any atom is -0.0857 e. The van der Waals surface area contributed by atoms with Gasteiger partial charge < -0.3 is 0 Å². The van der Waals surface area contributed by atoms with Crippen molar-refractivity contribution < 1.29 is 0 Å². The molecule has 0 aromatic heterocycles. The van der Waals surface area contributed by atoms with Crippen LogP contribution in [0, 0.1) is 29.6 Å². The minimum absolute atomic E-state index is 0.696. The second-order valence-corrected chi connectivity index (χ2v) is 7.45. The highest BCUT2D eigenvalue weighted by atomic mass is 14.1. The zero-order valence-electron chi connectivity index (χ0n) is 15.2. The molecule has 0 aliphatic heterocycles. The molecule has 0 heteroatoms. The summed E-state index contributed by atoms with van der Waals surface area (Å²) < 4.78 is 0. The van der Waals surface area contributed by atoms with Crippen LogP contribution in [0.1, 0.15) is 81.6 Å². The van der Waals surface area contributed by atoms with Gasteiger partial charge in [-0.1, -0.05) is 93.7 Å². The standard InChI is InChI=1S/C10H20.C9H20/c1-8(2)6-7-10(5)9(3)4;1-8(2)6-5-7-9(3)4/h6-10H,1-5H3;8-9H,5-7H2,1-4H3/b7-6+;. The average molecular weight is 269 g/mol. The molecule has 0 saturated heterocycles. The Hall–Kier alpha value is -0.260. The van der Waals surface area contributed by atoms with Gasteiger partial charge >= 0.3 is 0 Å². The van der Waals surface area contributed by atoms with Gasteiger partial charge in [0.25, 0.3) is 0 Å². The fraction of sp³-hybridized carbons (Fsp3) is 0.895. The molecule has 0 rings (SSSR count). The third kappa shape index (κ3) is 20.2. The molecule has 0 bridgehead atoms. The van der Waals surface area contributed by atoms with Crippen LogP contribution in [0.15, 0.2) is 12.2 Å². The lowest BCUT2D eigenvalue weighted by atomic mass is 9.96. The Morgan fingerprint density at radius 1 is 0.632 bits per heavy atom. The maximum Gasteiger partial charge on any atom is -0.0239 e. The molecule has 0 aromatic carbocycles. The number of hydrogen-bond acceptors (Lipinski definition) is 0. The Balaban J connectivity index is 0. The van der Waals surface area contributed by atoms with Gasteiger partial charge in [0.05, 0.1) is 0 Å². The van der Waals surface area contributed by atoms with Crippen molar-refractivity contribution in [3.05, 3.63) is 12.2 Å². The smallest absolute Gasteiger partial charge is 0.0239 e. The highest BCUT2D eigenvalue weighted by Gasteiger charge is 2.01. The van der Waals surface area contributed by atoms with E-state index < -0.39 is 0 Å². The molecule has 116 valence electrons. The first-order valence-corrected chi connectivity index (χ1v) is 8.35. The van der Waals surface area contributed by atoms with E-state index in [4.69, 9.17) is 0 Å². The summed E-state index contributed by atoms with van der Waals surface area (Å²) in [7, 11) is 0. The van der Waals surface area contributed by atoms with E-state index in [0.717, 1.165) is 23.7 Å². The van der Waals surface area contributed by atoms with Gasteiger partial charge in [-0.05, 0) is 29.6 Å². The Morgan fingerprint density at radius 3 is 1.32 bits per heavy atom. The largest absolute Gasteiger partial charge is 0.0857 e. The molecule has 1 atom stereocenters. The van der Waals surface area contributed by atoms with E-state index >= 15 is 0 Å². The maximum absolute atomic E-state index is 2.31. The van der Waals surface area contributed by atoms with Crippen molar-refractivity contribution in [2.45, 2.75) is 81.6 Å². The number of rotatable bonds is 7. The highest BCUT2D eigenvalue weighted by Crippen LogP contribution is 2.12. The Bertz CT molecular complexity index is 188. The summed E-state index contributed by atoms with van der Waals surface area (Å²) in [5.74, 6) is 3.98. The zero-order valence-corrected chi connectivity index (χ0v) is 15.2. The van der Waals surface area contributed by atoms with Crippen LogP contribution in [0.4, 0.5) is 0 Å². The summed E-state index contributed by atoms with van der Waals surface area (Å²) in [5.41, 5.74) is 0. The van der Waals surface area contributed by atoms with Crippen molar-refractivity contribution in [3.8, 4) is 0 Å². The fourth-order valence-electron chi connectivity index (χ4n) is 1.55. The summed E-state index contributed by atoms with van der Waals surface area (Å²) in [4.78, 5) is 0. The molecule has 1 unspecified atom stereocenters. The first-order chi connectivity index (χ1) is 8.66. The predicted octanol–water partition coefficient (Wildman–Crippen LogP) is 6.96. The molecule has 0 aliphatic rings. The molecule has 19 heavy (non-hydrogen) atoms. The van der Waals surface area contributed by atoms with Crippen LogP contribution in [0.2, 0.25) is 0 Å². The lowest BCUT2D eigenvalue weighted by Gasteiger charge is -2.09. The van der Waals surface area contributed by atoms with Gasteiger partial charge in [0.1, 0.15) is 0 Å². The summed E-state index contributed by atoms with van der Waals surface area (Å²) in [5, 5.41) is 0. The van der Waals surface area contributed by atoms with Crippen molar-refractivity contribution >= 4 is 0 Å². The average Bonchev–Trinajstić information content (AvgIpc) is 2.25. The molecule has 0 aliphatic carbocycles. The van der Waals surface area contributed by atoms with E-state index in [1.54, 1.807) is 0 Å². The molecule has 0 saturated carbocycles. The molecular weight excluding hydrogens is 228 g/mol. The van der Waals surface area contributed by atoms with Gasteiger partial charge in [0.2, 0.25) is 0 Å². The zero-order chi connectivity index (χ0) is 15.4. The molecule has 0 radical (unpaired) electrons. The van der Waals surface area contributed by atoms with E-state index in [-0.39, 0.29) is 0 Å². The van der Waals surface area contributed by atoms with Crippen LogP contribution in [-0.4, -0.2) is 0 Å². The van der Waals surface area contributed by atoms with E-state index in [1.807, 2.05) is 0 Å². The second-order valence-electron chi connectivity index (χ2n) is 7.45. The molecule has 0 fully saturated rings. The summed E-state index contributed by atoms with van der Waals surface area (Å²) >= 11 is 0. The van der Waals surface area contributed by atoms with Crippen molar-refractivity contribution in [3.63, 3.8) is 0 Å². The lowest BCUT2D eigenvalue weighted by Crippen LogP contribution is -1.99. The Kier molecular flexibility index (Phi) is 14.1. The Morgan fingerprint density at radius 2 is 1.05 bits per heavy atom. The van der Waals surface area contributed by atoms with Crippen LogP contribution < -0.4 is 0 Å². The van der Waals surface area contributed by atoms with Crippen LogP contribution >= 0.6 is 0 Å². The minimum atomic E-state index is 0.696. The quantitative estimate of drug-likeness (QED) is 0.438. The Labute approximate surface area is 124 Å². The molecule has 0 heterocycles. The van der Waals surface area contributed by atoms with E-state index in [1.165, 1.54) is 19.3 Å². The highest BCUT2D eigenvalue weighted by molar-refractivity contribution is 4.89. The van der Waals surface area contributed by atoms with Gasteiger partial charge in [-0.25, -0.2) is 0 Å². The molecule has 0 N–H and O–H groups in total.